The van der Waals surface area contributed by atoms with Crippen molar-refractivity contribution >= 4 is 47.1 Å². The van der Waals surface area contributed by atoms with Crippen molar-refractivity contribution in [3.05, 3.63) is 38.5 Å². The second-order valence-corrected chi connectivity index (χ2v) is 7.88. The highest BCUT2D eigenvalue weighted by atomic mass is 35.5. The van der Waals surface area contributed by atoms with E-state index < -0.39 is 11.8 Å². The molecule has 152 valence electrons. The third-order valence-corrected chi connectivity index (χ3v) is 4.80. The fourth-order valence-electron chi connectivity index (χ4n) is 2.36. The Labute approximate surface area is 176 Å². The number of aliphatic hydroxyl groups is 2. The molecule has 9 N–H and O–H groups in total. The van der Waals surface area contributed by atoms with E-state index in [2.05, 4.69) is 15.3 Å². The minimum Gasteiger partial charge on any atom is -0.506 e. The van der Waals surface area contributed by atoms with Gasteiger partial charge in [-0.15, -0.1) is 0 Å². The second-order valence-electron chi connectivity index (χ2n) is 6.71. The highest BCUT2D eigenvalue weighted by molar-refractivity contribution is 7.71. The summed E-state index contributed by atoms with van der Waals surface area (Å²) in [5.41, 5.74) is 11.9. The van der Waals surface area contributed by atoms with Gasteiger partial charge >= 0.3 is 0 Å². The zero-order valence-corrected chi connectivity index (χ0v) is 17.5. The summed E-state index contributed by atoms with van der Waals surface area (Å²) in [5, 5.41) is 32.1. The zero-order chi connectivity index (χ0) is 21.2. The molecule has 1 atom stereocenters. The van der Waals surface area contributed by atoms with Crippen molar-refractivity contribution in [2.24, 2.45) is 11.5 Å². The number of phenolic OH excluding ortho intramolecular Hbond substituents is 1. The number of phenols is 1. The van der Waals surface area contributed by atoms with Gasteiger partial charge in [0.05, 0.1) is 28.4 Å². The molecule has 1 unspecified atom stereocenters. The first kappa shape index (κ1) is 22.4. The summed E-state index contributed by atoms with van der Waals surface area (Å²) < 4.78 is 0.102. The first-order chi connectivity index (χ1) is 12.9. The van der Waals surface area contributed by atoms with E-state index in [4.69, 9.17) is 46.9 Å². The number of nitrogens with zero attached hydrogens (tertiary/aromatic N) is 1. The normalized spacial score (nSPS) is 13.5. The lowest BCUT2D eigenvalue weighted by Crippen LogP contribution is -2.35. The summed E-state index contributed by atoms with van der Waals surface area (Å²) in [4.78, 5) is 7.29. The molecule has 0 amide bonds. The quantitative estimate of drug-likeness (QED) is 0.264. The molecule has 0 saturated heterocycles. The fraction of sp³-hybridized carbons (Fsp3) is 0.294. The van der Waals surface area contributed by atoms with Crippen LogP contribution in [0.4, 0.5) is 5.95 Å². The molecule has 1 heterocycles. The van der Waals surface area contributed by atoms with Crippen LogP contribution < -0.4 is 16.8 Å². The van der Waals surface area contributed by atoms with Crippen LogP contribution in [0.1, 0.15) is 19.4 Å². The van der Waals surface area contributed by atoms with Crippen molar-refractivity contribution < 1.29 is 15.3 Å². The molecule has 28 heavy (non-hydrogen) atoms. The van der Waals surface area contributed by atoms with Crippen LogP contribution in [0.15, 0.2) is 18.2 Å². The molecule has 0 aliphatic carbocycles. The van der Waals surface area contributed by atoms with E-state index in [9.17, 15) is 15.3 Å². The van der Waals surface area contributed by atoms with Crippen LogP contribution in [0.2, 0.25) is 10.0 Å². The molecule has 0 bridgehead atoms. The van der Waals surface area contributed by atoms with Crippen LogP contribution in [-0.2, 0) is 0 Å². The number of nitrogens with one attached hydrogen (secondary N) is 2. The van der Waals surface area contributed by atoms with Gasteiger partial charge < -0.3 is 37.1 Å². The van der Waals surface area contributed by atoms with Gasteiger partial charge in [-0.25, -0.2) is 4.98 Å². The van der Waals surface area contributed by atoms with Crippen molar-refractivity contribution in [1.29, 1.82) is 0 Å². The Bertz CT molecular complexity index is 953. The number of benzene rings is 1. The van der Waals surface area contributed by atoms with Crippen molar-refractivity contribution in [1.82, 2.24) is 9.97 Å². The molecule has 8 nitrogen and oxygen atoms in total. The van der Waals surface area contributed by atoms with Crippen LogP contribution in [0.5, 0.6) is 5.75 Å². The summed E-state index contributed by atoms with van der Waals surface area (Å²) in [7, 11) is 0. The molecule has 11 heteroatoms. The number of aromatic amines is 1. The molecule has 2 aromatic rings. The van der Waals surface area contributed by atoms with Crippen molar-refractivity contribution in [2.75, 3.05) is 11.9 Å². The first-order valence-electron chi connectivity index (χ1n) is 8.08. The maximum Gasteiger partial charge on any atom is 0.202 e. The van der Waals surface area contributed by atoms with E-state index in [0.29, 0.717) is 11.3 Å². The van der Waals surface area contributed by atoms with Gasteiger partial charge in [0.15, 0.2) is 0 Å². The van der Waals surface area contributed by atoms with Crippen molar-refractivity contribution in [3.63, 3.8) is 0 Å². The number of H-pyrrole nitrogens is 1. The summed E-state index contributed by atoms with van der Waals surface area (Å²) in [6.45, 7) is 3.37. The van der Waals surface area contributed by atoms with Crippen LogP contribution in [0.3, 0.4) is 0 Å². The Hall–Kier alpha value is -1.88. The largest absolute Gasteiger partial charge is 0.506 e. The number of halogens is 2. The first-order valence-corrected chi connectivity index (χ1v) is 9.24. The Kier molecular flexibility index (Phi) is 6.92. The number of aromatic hydroxyl groups is 1. The van der Waals surface area contributed by atoms with E-state index in [1.165, 1.54) is 18.2 Å². The molecule has 2 rings (SSSR count). The lowest BCUT2D eigenvalue weighted by molar-refractivity contribution is 0.232. The lowest BCUT2D eigenvalue weighted by Gasteiger charge is -2.25. The van der Waals surface area contributed by atoms with Gasteiger partial charge in [-0.2, -0.15) is 0 Å². The molecule has 0 radical (unpaired) electrons. The molecule has 0 aliphatic rings. The molecule has 1 aromatic heterocycles. The summed E-state index contributed by atoms with van der Waals surface area (Å²) in [6.07, 6.45) is -0.109. The third kappa shape index (κ3) is 5.13. The van der Waals surface area contributed by atoms with Crippen molar-refractivity contribution in [2.45, 2.75) is 25.6 Å². The summed E-state index contributed by atoms with van der Waals surface area (Å²) in [5.74, 6) is 0.0207. The van der Waals surface area contributed by atoms with Gasteiger partial charge in [0.25, 0.3) is 0 Å². The third-order valence-electron chi connectivity index (χ3n) is 3.71. The Morgan fingerprint density at radius 3 is 2.61 bits per heavy atom. The molecule has 0 spiro atoms. The lowest BCUT2D eigenvalue weighted by atomic mass is 10.0. The number of hydrogen-bond acceptors (Lipinski definition) is 8. The monoisotopic (exact) mass is 445 g/mol. The average Bonchev–Trinajstić information content (AvgIpc) is 2.57. The van der Waals surface area contributed by atoms with Crippen LogP contribution >= 0.6 is 35.4 Å². The number of aliphatic hydroxyl groups excluding tert-OH is 2. The highest BCUT2D eigenvalue weighted by Crippen LogP contribution is 2.37. The number of hydrogen-bond donors (Lipinski definition) is 7. The van der Waals surface area contributed by atoms with Gasteiger partial charge in [0.2, 0.25) is 5.95 Å². The number of nitrogens with two attached hydrogens (primary N) is 2. The Morgan fingerprint density at radius 2 is 2.07 bits per heavy atom. The van der Waals surface area contributed by atoms with E-state index in [-0.39, 0.29) is 44.3 Å². The molecular formula is C17H21Cl2N5O3S. The maximum atomic E-state index is 10.1. The SMILES string of the molecule is CC(C)(CO)Nc1nc(=S)c(/C(N)=C/C(N)O)c(-c2cc(O)c(Cl)c(Cl)c2)[nH]1. The minimum absolute atomic E-state index is 0.000256. The van der Waals surface area contributed by atoms with Gasteiger partial charge in [-0.3, -0.25) is 0 Å². The van der Waals surface area contributed by atoms with Crippen LogP contribution in [-0.4, -0.2) is 43.7 Å². The number of rotatable bonds is 6. The molecule has 0 saturated carbocycles. The smallest absolute Gasteiger partial charge is 0.202 e. The Morgan fingerprint density at radius 1 is 1.43 bits per heavy atom. The average molecular weight is 446 g/mol. The summed E-state index contributed by atoms with van der Waals surface area (Å²) >= 11 is 17.4. The maximum absolute atomic E-state index is 10.1. The van der Waals surface area contributed by atoms with Gasteiger partial charge in [-0.1, -0.05) is 35.4 Å². The van der Waals surface area contributed by atoms with E-state index in [0.717, 1.165) is 0 Å². The van der Waals surface area contributed by atoms with Crippen molar-refractivity contribution in [3.8, 4) is 17.0 Å². The van der Waals surface area contributed by atoms with Gasteiger partial charge in [0.1, 0.15) is 21.6 Å². The molecule has 0 aliphatic heterocycles. The second kappa shape index (κ2) is 8.64. The number of anilines is 1. The van der Waals surface area contributed by atoms with E-state index >= 15 is 0 Å². The standard InChI is InChI=1S/C17H21Cl2N5O3S/c1-17(2,6-25)24-16-22-14(7-3-8(18)13(19)10(26)4-7)12(15(28)23-16)9(20)5-11(21)27/h3-5,11,25-27H,6,20-21H2,1-2H3,(H2,22,23,24,28)/b9-5-. The molecule has 1 aromatic carbocycles. The van der Waals surface area contributed by atoms with E-state index in [1.807, 2.05) is 0 Å². The molecule has 0 fully saturated rings. The van der Waals surface area contributed by atoms with Gasteiger partial charge in [-0.05, 0) is 32.1 Å². The van der Waals surface area contributed by atoms with Gasteiger partial charge in [0, 0.05) is 11.3 Å². The highest BCUT2D eigenvalue weighted by Gasteiger charge is 2.21. The number of aromatic nitrogens is 2. The minimum atomic E-state index is -1.31. The zero-order valence-electron chi connectivity index (χ0n) is 15.1. The predicted molar refractivity (Wildman–Crippen MR) is 114 cm³/mol. The van der Waals surface area contributed by atoms with Crippen LogP contribution in [0.25, 0.3) is 17.0 Å². The summed E-state index contributed by atoms with van der Waals surface area (Å²) in [6, 6.07) is 2.90. The van der Waals surface area contributed by atoms with E-state index in [1.54, 1.807) is 13.8 Å². The van der Waals surface area contributed by atoms with Crippen LogP contribution in [0, 0.1) is 4.64 Å². The topological polar surface area (TPSA) is 153 Å². The predicted octanol–water partition coefficient (Wildman–Crippen LogP) is 2.58. The molecular weight excluding hydrogens is 425 g/mol. The fourth-order valence-corrected chi connectivity index (χ4v) is 3.00. The Balaban J connectivity index is 2.78.